The van der Waals surface area contributed by atoms with Gasteiger partial charge in [-0.05, 0) is 38.6 Å². The molecule has 0 saturated heterocycles. The molecule has 1 aromatic heterocycles. The number of thiazole rings is 1. The van der Waals surface area contributed by atoms with Gasteiger partial charge in [0.1, 0.15) is 0 Å². The first-order valence-electron chi connectivity index (χ1n) is 5.98. The predicted molar refractivity (Wildman–Crippen MR) is 67.4 cm³/mol. The van der Waals surface area contributed by atoms with Gasteiger partial charge in [0.15, 0.2) is 0 Å². The number of nitrogens with one attached hydrogen (secondary N) is 1. The Kier molecular flexibility index (Phi) is 6.60. The van der Waals surface area contributed by atoms with Crippen molar-refractivity contribution in [3.63, 3.8) is 0 Å². The minimum absolute atomic E-state index is 0.713. The van der Waals surface area contributed by atoms with Crippen LogP contribution in [-0.4, -0.2) is 17.6 Å². The molecule has 1 N–H and O–H groups in total. The lowest BCUT2D eigenvalue weighted by molar-refractivity contribution is 0.474. The van der Waals surface area contributed by atoms with Crippen LogP contribution in [0, 0.1) is 0 Å². The SMILES string of the molecule is CCC(CC)NCCCCc1nccs1. The number of unbranched alkanes of at least 4 members (excludes halogenated alkanes) is 1. The van der Waals surface area contributed by atoms with Gasteiger partial charge in [0.05, 0.1) is 5.01 Å². The highest BCUT2D eigenvalue weighted by atomic mass is 32.1. The Labute approximate surface area is 97.1 Å². The van der Waals surface area contributed by atoms with E-state index >= 15 is 0 Å². The zero-order chi connectivity index (χ0) is 10.9. The fourth-order valence-electron chi connectivity index (χ4n) is 1.66. The molecule has 0 aliphatic rings. The van der Waals surface area contributed by atoms with Crippen LogP contribution in [0.15, 0.2) is 11.6 Å². The van der Waals surface area contributed by atoms with Gasteiger partial charge in [0.25, 0.3) is 0 Å². The molecule has 0 spiro atoms. The molecule has 0 radical (unpaired) electrons. The first kappa shape index (κ1) is 12.7. The highest BCUT2D eigenvalue weighted by Crippen LogP contribution is 2.07. The quantitative estimate of drug-likeness (QED) is 0.688. The first-order chi connectivity index (χ1) is 7.36. The van der Waals surface area contributed by atoms with Crippen LogP contribution in [0.1, 0.15) is 44.5 Å². The summed E-state index contributed by atoms with van der Waals surface area (Å²) in [6.45, 7) is 5.64. The highest BCUT2D eigenvalue weighted by molar-refractivity contribution is 7.09. The van der Waals surface area contributed by atoms with Crippen molar-refractivity contribution in [3.8, 4) is 0 Å². The van der Waals surface area contributed by atoms with Gasteiger partial charge in [0, 0.05) is 17.6 Å². The van der Waals surface area contributed by atoms with Crippen LogP contribution in [0.25, 0.3) is 0 Å². The maximum atomic E-state index is 4.28. The van der Waals surface area contributed by atoms with Crippen molar-refractivity contribution in [3.05, 3.63) is 16.6 Å². The molecule has 0 amide bonds. The van der Waals surface area contributed by atoms with E-state index in [0.29, 0.717) is 6.04 Å². The van der Waals surface area contributed by atoms with Gasteiger partial charge in [0.2, 0.25) is 0 Å². The standard InChI is InChI=1S/C12H22N2S/c1-3-11(4-2)13-8-6-5-7-12-14-9-10-15-12/h9-11,13H,3-8H2,1-2H3. The lowest BCUT2D eigenvalue weighted by Gasteiger charge is -2.13. The Hall–Kier alpha value is -0.410. The largest absolute Gasteiger partial charge is 0.314 e. The fourth-order valence-corrected chi connectivity index (χ4v) is 2.32. The molecule has 0 fully saturated rings. The maximum absolute atomic E-state index is 4.28. The van der Waals surface area contributed by atoms with Crippen LogP contribution in [0.5, 0.6) is 0 Å². The molecule has 86 valence electrons. The Morgan fingerprint density at radius 1 is 1.33 bits per heavy atom. The molecule has 1 rings (SSSR count). The van der Waals surface area contributed by atoms with E-state index in [-0.39, 0.29) is 0 Å². The summed E-state index contributed by atoms with van der Waals surface area (Å²) in [5.41, 5.74) is 0. The van der Waals surface area contributed by atoms with Crippen LogP contribution < -0.4 is 5.32 Å². The number of aryl methyl sites for hydroxylation is 1. The molecule has 0 bridgehead atoms. The molecule has 0 aromatic carbocycles. The molecule has 3 heteroatoms. The van der Waals surface area contributed by atoms with E-state index in [2.05, 4.69) is 29.5 Å². The molecule has 2 nitrogen and oxygen atoms in total. The maximum Gasteiger partial charge on any atom is 0.0924 e. The highest BCUT2D eigenvalue weighted by Gasteiger charge is 2.01. The second kappa shape index (κ2) is 7.83. The number of hydrogen-bond acceptors (Lipinski definition) is 3. The second-order valence-corrected chi connectivity index (χ2v) is 4.83. The van der Waals surface area contributed by atoms with Gasteiger partial charge in [-0.2, -0.15) is 0 Å². The van der Waals surface area contributed by atoms with Crippen LogP contribution in [-0.2, 0) is 6.42 Å². The Morgan fingerprint density at radius 2 is 2.13 bits per heavy atom. The van der Waals surface area contributed by atoms with Crippen LogP contribution in [0.3, 0.4) is 0 Å². The summed E-state index contributed by atoms with van der Waals surface area (Å²) in [5.74, 6) is 0. The summed E-state index contributed by atoms with van der Waals surface area (Å²) < 4.78 is 0. The van der Waals surface area contributed by atoms with E-state index in [4.69, 9.17) is 0 Å². The van der Waals surface area contributed by atoms with Crippen LogP contribution in [0.2, 0.25) is 0 Å². The van der Waals surface area contributed by atoms with Crippen LogP contribution in [0.4, 0.5) is 0 Å². The van der Waals surface area contributed by atoms with E-state index in [1.54, 1.807) is 11.3 Å². The average molecular weight is 226 g/mol. The summed E-state index contributed by atoms with van der Waals surface area (Å²) in [7, 11) is 0. The number of nitrogens with zero attached hydrogens (tertiary/aromatic N) is 1. The molecule has 1 heterocycles. The summed E-state index contributed by atoms with van der Waals surface area (Å²) in [5, 5.41) is 6.91. The van der Waals surface area contributed by atoms with Gasteiger partial charge in [-0.3, -0.25) is 0 Å². The molecule has 0 saturated carbocycles. The van der Waals surface area contributed by atoms with E-state index in [0.717, 1.165) is 13.0 Å². The van der Waals surface area contributed by atoms with Gasteiger partial charge < -0.3 is 5.32 Å². The molecule has 0 unspecified atom stereocenters. The minimum Gasteiger partial charge on any atom is -0.314 e. The fraction of sp³-hybridized carbons (Fsp3) is 0.750. The van der Waals surface area contributed by atoms with Gasteiger partial charge in [-0.1, -0.05) is 13.8 Å². The lowest BCUT2D eigenvalue weighted by Crippen LogP contribution is -2.28. The van der Waals surface area contributed by atoms with Crippen LogP contribution >= 0.6 is 11.3 Å². The first-order valence-corrected chi connectivity index (χ1v) is 6.86. The topological polar surface area (TPSA) is 24.9 Å². The molecular weight excluding hydrogens is 204 g/mol. The van der Waals surface area contributed by atoms with Crippen molar-refractivity contribution in [2.75, 3.05) is 6.54 Å². The Morgan fingerprint density at radius 3 is 2.73 bits per heavy atom. The zero-order valence-electron chi connectivity index (χ0n) is 9.83. The normalized spacial score (nSPS) is 11.1. The monoisotopic (exact) mass is 226 g/mol. The Balaban J connectivity index is 1.97. The van der Waals surface area contributed by atoms with Crippen molar-refractivity contribution in [1.29, 1.82) is 0 Å². The van der Waals surface area contributed by atoms with E-state index in [1.807, 2.05) is 6.20 Å². The third-order valence-corrected chi connectivity index (χ3v) is 3.56. The van der Waals surface area contributed by atoms with Crippen molar-refractivity contribution < 1.29 is 0 Å². The summed E-state index contributed by atoms with van der Waals surface area (Å²) in [4.78, 5) is 4.28. The zero-order valence-corrected chi connectivity index (χ0v) is 10.6. The second-order valence-electron chi connectivity index (χ2n) is 3.85. The van der Waals surface area contributed by atoms with E-state index in [9.17, 15) is 0 Å². The van der Waals surface area contributed by atoms with Crippen molar-refractivity contribution in [2.24, 2.45) is 0 Å². The summed E-state index contributed by atoms with van der Waals surface area (Å²) in [6, 6.07) is 0.713. The molecule has 0 aliphatic heterocycles. The third kappa shape index (κ3) is 5.28. The number of aromatic nitrogens is 1. The predicted octanol–water partition coefficient (Wildman–Crippen LogP) is 3.24. The lowest BCUT2D eigenvalue weighted by atomic mass is 10.1. The van der Waals surface area contributed by atoms with Gasteiger partial charge >= 0.3 is 0 Å². The summed E-state index contributed by atoms with van der Waals surface area (Å²) in [6.07, 6.45) is 8.02. The molecule has 0 aliphatic carbocycles. The van der Waals surface area contributed by atoms with E-state index < -0.39 is 0 Å². The molecule has 15 heavy (non-hydrogen) atoms. The minimum atomic E-state index is 0.713. The average Bonchev–Trinajstić information content (AvgIpc) is 2.76. The van der Waals surface area contributed by atoms with Crippen molar-refractivity contribution in [1.82, 2.24) is 10.3 Å². The molecule has 1 aromatic rings. The smallest absolute Gasteiger partial charge is 0.0924 e. The van der Waals surface area contributed by atoms with Crippen molar-refractivity contribution >= 4 is 11.3 Å². The molecular formula is C12H22N2S. The van der Waals surface area contributed by atoms with Gasteiger partial charge in [-0.15, -0.1) is 11.3 Å². The number of hydrogen-bond donors (Lipinski definition) is 1. The molecule has 0 atom stereocenters. The summed E-state index contributed by atoms with van der Waals surface area (Å²) >= 11 is 1.76. The third-order valence-electron chi connectivity index (χ3n) is 2.72. The Bertz CT molecular complexity index is 230. The van der Waals surface area contributed by atoms with Crippen molar-refractivity contribution in [2.45, 2.75) is 52.0 Å². The number of rotatable bonds is 8. The van der Waals surface area contributed by atoms with Gasteiger partial charge in [-0.25, -0.2) is 4.98 Å². The van der Waals surface area contributed by atoms with E-state index in [1.165, 1.54) is 30.7 Å².